The fourth-order valence-corrected chi connectivity index (χ4v) is 2.08. The van der Waals surface area contributed by atoms with Gasteiger partial charge in [-0.3, -0.25) is 4.79 Å². The Bertz CT molecular complexity index is 431. The second-order valence-electron chi connectivity index (χ2n) is 5.70. The normalized spacial score (nSPS) is 12.2. The first-order chi connectivity index (χ1) is 11.8. The van der Waals surface area contributed by atoms with Crippen LogP contribution in [0.1, 0.15) is 71.1 Å². The summed E-state index contributed by atoms with van der Waals surface area (Å²) in [6.07, 6.45) is 31.3. The standard InChI is InChI=1S/C22H34O2.Na/c1-2-3-4-5-6-7-8-9-10-11-12-13-14-15-16-17-18-19-20-21-22(23)24;/h3-4,6-7,9-10,12-13,15-16H,2,5,8,11,14,17-21H2,1H3,(H,23,24);/b4-3-,7-6-,10-9-,13-12-,16-15-;. The summed E-state index contributed by atoms with van der Waals surface area (Å²) >= 11 is 0. The number of carboxylic acids is 1. The van der Waals surface area contributed by atoms with Gasteiger partial charge in [0.05, 0.1) is 0 Å². The van der Waals surface area contributed by atoms with Crippen molar-refractivity contribution in [3.8, 4) is 0 Å². The number of hydrogen-bond acceptors (Lipinski definition) is 1. The zero-order valence-electron chi connectivity index (χ0n) is 16.2. The Morgan fingerprint density at radius 3 is 1.56 bits per heavy atom. The van der Waals surface area contributed by atoms with Crippen molar-refractivity contribution in [2.75, 3.05) is 0 Å². The fraction of sp³-hybridized carbons (Fsp3) is 0.500. The molecule has 25 heavy (non-hydrogen) atoms. The van der Waals surface area contributed by atoms with Crippen molar-refractivity contribution in [1.29, 1.82) is 0 Å². The van der Waals surface area contributed by atoms with Gasteiger partial charge in [-0.25, -0.2) is 0 Å². The smallest absolute Gasteiger partial charge is 0.303 e. The zero-order valence-corrected chi connectivity index (χ0v) is 18.2. The van der Waals surface area contributed by atoms with Crippen LogP contribution < -0.4 is 0 Å². The first-order valence-electron chi connectivity index (χ1n) is 9.24. The Kier molecular flexibility index (Phi) is 24.5. The minimum atomic E-state index is -0.690. The minimum Gasteiger partial charge on any atom is -0.481 e. The minimum absolute atomic E-state index is 0. The fourth-order valence-electron chi connectivity index (χ4n) is 2.08. The van der Waals surface area contributed by atoms with Gasteiger partial charge in [-0.15, -0.1) is 0 Å². The molecule has 0 spiro atoms. The van der Waals surface area contributed by atoms with Crippen LogP contribution in [0.3, 0.4) is 0 Å². The molecule has 0 aromatic heterocycles. The van der Waals surface area contributed by atoms with Crippen LogP contribution in [0, 0.1) is 0 Å². The zero-order chi connectivity index (χ0) is 17.7. The summed E-state index contributed by atoms with van der Waals surface area (Å²) in [7, 11) is 0. The van der Waals surface area contributed by atoms with Gasteiger partial charge in [-0.1, -0.05) is 74.1 Å². The van der Waals surface area contributed by atoms with E-state index in [0.29, 0.717) is 6.42 Å². The summed E-state index contributed by atoms with van der Waals surface area (Å²) < 4.78 is 0. The molecule has 0 aliphatic heterocycles. The Morgan fingerprint density at radius 2 is 1.12 bits per heavy atom. The molecule has 0 saturated carbocycles. The van der Waals surface area contributed by atoms with Crippen LogP contribution in [-0.4, -0.2) is 40.6 Å². The topological polar surface area (TPSA) is 37.3 Å². The molecule has 0 fully saturated rings. The maximum absolute atomic E-state index is 10.3. The van der Waals surface area contributed by atoms with E-state index in [1.54, 1.807) is 0 Å². The Hall–Kier alpha value is -0.830. The Balaban J connectivity index is 0. The van der Waals surface area contributed by atoms with Gasteiger partial charge < -0.3 is 5.11 Å². The Labute approximate surface area is 176 Å². The number of carboxylic acid groups (broad SMARTS) is 1. The maximum atomic E-state index is 10.3. The molecule has 1 radical (unpaired) electrons. The second-order valence-corrected chi connectivity index (χ2v) is 5.70. The van der Waals surface area contributed by atoms with Crippen LogP contribution >= 0.6 is 0 Å². The summed E-state index contributed by atoms with van der Waals surface area (Å²) in [5, 5.41) is 8.52. The van der Waals surface area contributed by atoms with E-state index < -0.39 is 5.97 Å². The first kappa shape index (κ1) is 26.4. The summed E-state index contributed by atoms with van der Waals surface area (Å²) in [6, 6.07) is 0. The molecular formula is C22H34NaO2. The molecule has 0 aliphatic carbocycles. The number of rotatable bonds is 15. The SMILES string of the molecule is CC/C=C\C/C=C\C/C=C\C/C=C\C/C=C\CCCCCC(=O)O.[Na]. The molecule has 0 aliphatic rings. The summed E-state index contributed by atoms with van der Waals surface area (Å²) in [5.74, 6) is -0.690. The molecule has 0 aromatic rings. The maximum Gasteiger partial charge on any atom is 0.303 e. The van der Waals surface area contributed by atoms with Crippen molar-refractivity contribution < 1.29 is 9.90 Å². The number of unbranched alkanes of at least 4 members (excludes halogenated alkanes) is 3. The molecule has 0 saturated heterocycles. The van der Waals surface area contributed by atoms with Gasteiger partial charge in [0.15, 0.2) is 0 Å². The molecule has 0 bridgehead atoms. The van der Waals surface area contributed by atoms with Crippen LogP contribution in [0.5, 0.6) is 0 Å². The van der Waals surface area contributed by atoms with Crippen molar-refractivity contribution in [3.05, 3.63) is 60.8 Å². The molecule has 0 atom stereocenters. The molecule has 0 rings (SSSR count). The molecule has 0 amide bonds. The largest absolute Gasteiger partial charge is 0.481 e. The van der Waals surface area contributed by atoms with Crippen LogP contribution in [-0.2, 0) is 4.79 Å². The molecule has 3 heteroatoms. The Morgan fingerprint density at radius 1 is 0.680 bits per heavy atom. The third-order valence-corrected chi connectivity index (χ3v) is 3.42. The van der Waals surface area contributed by atoms with Crippen LogP contribution in [0.4, 0.5) is 0 Å². The first-order valence-corrected chi connectivity index (χ1v) is 9.24. The van der Waals surface area contributed by atoms with Crippen molar-refractivity contribution >= 4 is 35.5 Å². The predicted octanol–water partition coefficient (Wildman–Crippen LogP) is 6.39. The number of aliphatic carboxylic acids is 1. The van der Waals surface area contributed by atoms with Crippen molar-refractivity contribution in [1.82, 2.24) is 0 Å². The monoisotopic (exact) mass is 353 g/mol. The van der Waals surface area contributed by atoms with Crippen LogP contribution in [0.15, 0.2) is 60.8 Å². The third-order valence-electron chi connectivity index (χ3n) is 3.42. The average molecular weight is 354 g/mol. The molecule has 1 N–H and O–H groups in total. The molecule has 135 valence electrons. The van der Waals surface area contributed by atoms with Gasteiger partial charge in [-0.05, 0) is 51.4 Å². The van der Waals surface area contributed by atoms with Gasteiger partial charge in [-0.2, -0.15) is 0 Å². The van der Waals surface area contributed by atoms with E-state index in [-0.39, 0.29) is 29.6 Å². The summed E-state index contributed by atoms with van der Waals surface area (Å²) in [5.41, 5.74) is 0. The van der Waals surface area contributed by atoms with Gasteiger partial charge in [0.2, 0.25) is 0 Å². The quantitative estimate of drug-likeness (QED) is 0.210. The van der Waals surface area contributed by atoms with Crippen molar-refractivity contribution in [2.45, 2.75) is 71.1 Å². The molecular weight excluding hydrogens is 319 g/mol. The average Bonchev–Trinajstić information content (AvgIpc) is 2.56. The number of carbonyl (C=O) groups is 1. The number of hydrogen-bond donors (Lipinski definition) is 1. The van der Waals surface area contributed by atoms with Crippen molar-refractivity contribution in [2.24, 2.45) is 0 Å². The van der Waals surface area contributed by atoms with Crippen LogP contribution in [0.2, 0.25) is 0 Å². The van der Waals surface area contributed by atoms with Gasteiger partial charge in [0, 0.05) is 36.0 Å². The van der Waals surface area contributed by atoms with E-state index in [0.717, 1.165) is 57.8 Å². The van der Waals surface area contributed by atoms with E-state index in [4.69, 9.17) is 5.11 Å². The molecule has 0 unspecified atom stereocenters. The summed E-state index contributed by atoms with van der Waals surface area (Å²) in [6.45, 7) is 2.15. The van der Waals surface area contributed by atoms with Crippen molar-refractivity contribution in [3.63, 3.8) is 0 Å². The molecule has 0 aromatic carbocycles. The number of allylic oxidation sites excluding steroid dienone is 10. The van der Waals surface area contributed by atoms with E-state index in [2.05, 4.69) is 67.7 Å². The van der Waals surface area contributed by atoms with Gasteiger partial charge >= 0.3 is 5.97 Å². The van der Waals surface area contributed by atoms with E-state index in [9.17, 15) is 4.79 Å². The van der Waals surface area contributed by atoms with Crippen LogP contribution in [0.25, 0.3) is 0 Å². The van der Waals surface area contributed by atoms with E-state index >= 15 is 0 Å². The van der Waals surface area contributed by atoms with Gasteiger partial charge in [0.25, 0.3) is 0 Å². The molecule has 0 heterocycles. The van der Waals surface area contributed by atoms with Gasteiger partial charge in [0.1, 0.15) is 0 Å². The summed E-state index contributed by atoms with van der Waals surface area (Å²) in [4.78, 5) is 10.3. The predicted molar refractivity (Wildman–Crippen MR) is 111 cm³/mol. The third kappa shape index (κ3) is 25.5. The van der Waals surface area contributed by atoms with E-state index in [1.807, 2.05) is 0 Å². The second kappa shape index (κ2) is 23.2. The molecule has 2 nitrogen and oxygen atoms in total. The van der Waals surface area contributed by atoms with E-state index in [1.165, 1.54) is 0 Å².